The van der Waals surface area contributed by atoms with Gasteiger partial charge in [0.05, 0.1) is 18.8 Å². The number of thiocarbonyl (C=S) groups is 1. The third-order valence-electron chi connectivity index (χ3n) is 4.64. The van der Waals surface area contributed by atoms with Crippen molar-refractivity contribution in [1.82, 2.24) is 5.32 Å². The van der Waals surface area contributed by atoms with E-state index in [2.05, 4.69) is 10.6 Å². The van der Waals surface area contributed by atoms with Gasteiger partial charge in [0, 0.05) is 17.7 Å². The summed E-state index contributed by atoms with van der Waals surface area (Å²) in [6, 6.07) is 23.7. The molecule has 6 nitrogen and oxygen atoms in total. The Balaban J connectivity index is 1.49. The summed E-state index contributed by atoms with van der Waals surface area (Å²) in [6.07, 6.45) is 1.54. The monoisotopic (exact) mass is 462 g/mol. The van der Waals surface area contributed by atoms with Crippen molar-refractivity contribution >= 4 is 34.9 Å². The first kappa shape index (κ1) is 23.9. The topological polar surface area (TPSA) is 76.7 Å². The molecule has 0 aliphatic rings. The number of ether oxygens (including phenoxy) is 2. The largest absolute Gasteiger partial charge is 0.493 e. The summed E-state index contributed by atoms with van der Waals surface area (Å²) in [7, 11) is 0. The van der Waals surface area contributed by atoms with Gasteiger partial charge in [0.2, 0.25) is 0 Å². The van der Waals surface area contributed by atoms with Gasteiger partial charge in [-0.1, -0.05) is 43.3 Å². The molecule has 3 rings (SSSR count). The van der Waals surface area contributed by atoms with E-state index in [1.54, 1.807) is 42.5 Å². The van der Waals surface area contributed by atoms with E-state index in [-0.39, 0.29) is 17.0 Å². The number of hydrogen-bond acceptors (Lipinski definition) is 5. The van der Waals surface area contributed by atoms with Crippen LogP contribution in [0.4, 0.5) is 5.69 Å². The van der Waals surface area contributed by atoms with E-state index in [4.69, 9.17) is 21.7 Å². The molecule has 0 atom stereocenters. The molecular formula is C26H26N2O4S. The van der Waals surface area contributed by atoms with Crippen LogP contribution in [-0.4, -0.2) is 30.2 Å². The van der Waals surface area contributed by atoms with Gasteiger partial charge in [-0.25, -0.2) is 4.79 Å². The van der Waals surface area contributed by atoms with Crippen LogP contribution in [0.2, 0.25) is 0 Å². The molecule has 3 aromatic carbocycles. The van der Waals surface area contributed by atoms with Crippen LogP contribution in [0.5, 0.6) is 5.75 Å². The fraction of sp³-hybridized carbons (Fsp3) is 0.192. The molecule has 0 radical (unpaired) electrons. The highest BCUT2D eigenvalue weighted by atomic mass is 32.1. The second-order valence-corrected chi connectivity index (χ2v) is 7.64. The highest BCUT2D eigenvalue weighted by Gasteiger charge is 2.10. The van der Waals surface area contributed by atoms with E-state index in [0.29, 0.717) is 35.8 Å². The maximum Gasteiger partial charge on any atom is 0.338 e. The number of esters is 1. The fourth-order valence-electron chi connectivity index (χ4n) is 2.96. The van der Waals surface area contributed by atoms with Crippen LogP contribution in [0.3, 0.4) is 0 Å². The molecule has 0 heterocycles. The van der Waals surface area contributed by atoms with Gasteiger partial charge in [-0.2, -0.15) is 0 Å². The molecule has 1 amide bonds. The molecule has 0 aromatic heterocycles. The van der Waals surface area contributed by atoms with Gasteiger partial charge in [0.15, 0.2) is 5.11 Å². The minimum absolute atomic E-state index is 0.150. The summed E-state index contributed by atoms with van der Waals surface area (Å²) < 4.78 is 10.9. The molecule has 0 bridgehead atoms. The summed E-state index contributed by atoms with van der Waals surface area (Å²) >= 11 is 5.25. The standard InChI is InChI=1S/C26H26N2O4S/c1-2-16-32-25(30)20-11-13-22(14-12-20)27-26(33)28-24(29)21-9-6-10-23(18-21)31-17-15-19-7-4-3-5-8-19/h3-14,18H,2,15-17H2,1H3,(H2,27,28,29,33). The second-order valence-electron chi connectivity index (χ2n) is 7.23. The highest BCUT2D eigenvalue weighted by Crippen LogP contribution is 2.15. The van der Waals surface area contributed by atoms with Crippen LogP contribution in [0.25, 0.3) is 0 Å². The minimum atomic E-state index is -0.370. The zero-order valence-corrected chi connectivity index (χ0v) is 19.2. The lowest BCUT2D eigenvalue weighted by molar-refractivity contribution is 0.0505. The van der Waals surface area contributed by atoms with Crippen molar-refractivity contribution in [2.45, 2.75) is 19.8 Å². The quantitative estimate of drug-likeness (QED) is 0.344. The maximum atomic E-state index is 12.6. The van der Waals surface area contributed by atoms with E-state index in [0.717, 1.165) is 12.8 Å². The zero-order valence-electron chi connectivity index (χ0n) is 18.4. The van der Waals surface area contributed by atoms with Gasteiger partial charge in [-0.15, -0.1) is 0 Å². The van der Waals surface area contributed by atoms with E-state index in [9.17, 15) is 9.59 Å². The van der Waals surface area contributed by atoms with Crippen LogP contribution in [0.15, 0.2) is 78.9 Å². The first-order chi connectivity index (χ1) is 16.0. The summed E-state index contributed by atoms with van der Waals surface area (Å²) in [4.78, 5) is 24.5. The smallest absolute Gasteiger partial charge is 0.338 e. The van der Waals surface area contributed by atoms with E-state index in [1.165, 1.54) is 5.56 Å². The Kier molecular flexibility index (Phi) is 8.97. The molecule has 0 aliphatic carbocycles. The van der Waals surface area contributed by atoms with Gasteiger partial charge in [-0.3, -0.25) is 10.1 Å². The lowest BCUT2D eigenvalue weighted by Crippen LogP contribution is -2.34. The Labute approximate surface area is 198 Å². The summed E-state index contributed by atoms with van der Waals surface area (Å²) in [5.41, 5.74) is 2.72. The Hall–Kier alpha value is -3.71. The van der Waals surface area contributed by atoms with Gasteiger partial charge in [0.25, 0.3) is 5.91 Å². The molecule has 7 heteroatoms. The van der Waals surface area contributed by atoms with Crippen LogP contribution in [0.1, 0.15) is 39.6 Å². The van der Waals surface area contributed by atoms with Gasteiger partial charge >= 0.3 is 5.97 Å². The number of hydrogen-bond donors (Lipinski definition) is 2. The third-order valence-corrected chi connectivity index (χ3v) is 4.85. The first-order valence-corrected chi connectivity index (χ1v) is 11.1. The third kappa shape index (κ3) is 7.73. The van der Waals surface area contributed by atoms with Crippen LogP contribution >= 0.6 is 12.2 Å². The molecule has 0 fully saturated rings. The van der Waals surface area contributed by atoms with Gasteiger partial charge in [-0.05, 0) is 66.7 Å². The Bertz CT molecular complexity index is 1080. The van der Waals surface area contributed by atoms with E-state index < -0.39 is 0 Å². The maximum absolute atomic E-state index is 12.6. The SMILES string of the molecule is CCCOC(=O)c1ccc(NC(=S)NC(=O)c2cccc(OCCc3ccccc3)c2)cc1. The molecule has 33 heavy (non-hydrogen) atoms. The molecule has 0 spiro atoms. The lowest BCUT2D eigenvalue weighted by Gasteiger charge is -2.11. The number of carbonyl (C=O) groups is 2. The predicted molar refractivity (Wildman–Crippen MR) is 133 cm³/mol. The van der Waals surface area contributed by atoms with E-state index in [1.807, 2.05) is 43.3 Å². The Morgan fingerprint density at radius 1 is 0.879 bits per heavy atom. The highest BCUT2D eigenvalue weighted by molar-refractivity contribution is 7.80. The zero-order chi connectivity index (χ0) is 23.5. The molecule has 2 N–H and O–H groups in total. The van der Waals surface area contributed by atoms with Gasteiger partial charge < -0.3 is 14.8 Å². The van der Waals surface area contributed by atoms with Crippen molar-refractivity contribution in [2.75, 3.05) is 18.5 Å². The fourth-order valence-corrected chi connectivity index (χ4v) is 3.17. The Morgan fingerprint density at radius 3 is 2.36 bits per heavy atom. The molecule has 0 unspecified atom stereocenters. The molecule has 0 saturated heterocycles. The number of carbonyl (C=O) groups excluding carboxylic acids is 2. The number of anilines is 1. The Morgan fingerprint density at radius 2 is 1.64 bits per heavy atom. The molecule has 170 valence electrons. The van der Waals surface area contributed by atoms with Crippen molar-refractivity contribution in [3.05, 3.63) is 95.6 Å². The normalized spacial score (nSPS) is 10.2. The van der Waals surface area contributed by atoms with E-state index >= 15 is 0 Å². The van der Waals surface area contributed by atoms with Crippen LogP contribution in [-0.2, 0) is 11.2 Å². The molecule has 0 aliphatic heterocycles. The summed E-state index contributed by atoms with van der Waals surface area (Å²) in [5.74, 6) is -0.103. The predicted octanol–water partition coefficient (Wildman–Crippen LogP) is 5.00. The molecule has 0 saturated carbocycles. The molecular weight excluding hydrogens is 436 g/mol. The van der Waals surface area contributed by atoms with Crippen molar-refractivity contribution in [1.29, 1.82) is 0 Å². The molecule has 3 aromatic rings. The average Bonchev–Trinajstić information content (AvgIpc) is 2.84. The van der Waals surface area contributed by atoms with Crippen molar-refractivity contribution < 1.29 is 19.1 Å². The number of benzene rings is 3. The second kappa shape index (κ2) is 12.4. The number of rotatable bonds is 9. The number of nitrogens with one attached hydrogen (secondary N) is 2. The van der Waals surface area contributed by atoms with Crippen molar-refractivity contribution in [3.63, 3.8) is 0 Å². The van der Waals surface area contributed by atoms with Crippen LogP contribution < -0.4 is 15.4 Å². The number of amides is 1. The summed E-state index contributed by atoms with van der Waals surface area (Å²) in [6.45, 7) is 2.83. The van der Waals surface area contributed by atoms with Crippen LogP contribution in [0, 0.1) is 0 Å². The summed E-state index contributed by atoms with van der Waals surface area (Å²) in [5, 5.41) is 5.74. The first-order valence-electron chi connectivity index (χ1n) is 10.7. The van der Waals surface area contributed by atoms with Crippen molar-refractivity contribution in [2.24, 2.45) is 0 Å². The lowest BCUT2D eigenvalue weighted by atomic mass is 10.2. The van der Waals surface area contributed by atoms with Gasteiger partial charge in [0.1, 0.15) is 5.75 Å². The van der Waals surface area contributed by atoms with Crippen molar-refractivity contribution in [3.8, 4) is 5.75 Å². The average molecular weight is 463 g/mol. The minimum Gasteiger partial charge on any atom is -0.493 e.